The van der Waals surface area contributed by atoms with Crippen LogP contribution in [0.3, 0.4) is 0 Å². The summed E-state index contributed by atoms with van der Waals surface area (Å²) in [7, 11) is 0. The number of anilines is 1. The van der Waals surface area contributed by atoms with Gasteiger partial charge in [0.05, 0.1) is 11.3 Å². The molecule has 160 valence electrons. The number of aryl methyl sites for hydroxylation is 1. The molecule has 1 fully saturated rings. The van der Waals surface area contributed by atoms with Crippen molar-refractivity contribution in [3.8, 4) is 23.1 Å². The maximum absolute atomic E-state index is 14.5. The highest BCUT2D eigenvalue weighted by Gasteiger charge is 2.23. The molecule has 0 amide bonds. The first kappa shape index (κ1) is 20.2. The van der Waals surface area contributed by atoms with Crippen molar-refractivity contribution >= 4 is 16.9 Å². The summed E-state index contributed by atoms with van der Waals surface area (Å²) in [6.45, 7) is 3.70. The van der Waals surface area contributed by atoms with E-state index in [0.29, 0.717) is 17.0 Å². The molecule has 1 saturated heterocycles. The SMILES string of the molecule is Cc1ccc(-n2c(-c3ccc(C#N)c(F)c3)nc3c(N4CCC[C@@H](N)C4)ccnc32)cc1. The smallest absolute Gasteiger partial charge is 0.167 e. The lowest BCUT2D eigenvalue weighted by Gasteiger charge is -2.32. The number of pyridine rings is 1. The van der Waals surface area contributed by atoms with Crippen molar-refractivity contribution in [2.75, 3.05) is 18.0 Å². The van der Waals surface area contributed by atoms with Gasteiger partial charge in [0.25, 0.3) is 0 Å². The van der Waals surface area contributed by atoms with Crippen molar-refractivity contribution in [1.82, 2.24) is 14.5 Å². The van der Waals surface area contributed by atoms with E-state index in [-0.39, 0.29) is 11.6 Å². The highest BCUT2D eigenvalue weighted by molar-refractivity contribution is 5.90. The zero-order valence-corrected chi connectivity index (χ0v) is 17.8. The fourth-order valence-electron chi connectivity index (χ4n) is 4.32. The Hall–Kier alpha value is -3.76. The van der Waals surface area contributed by atoms with Gasteiger partial charge < -0.3 is 10.6 Å². The molecular formula is C25H23FN6. The summed E-state index contributed by atoms with van der Waals surface area (Å²) < 4.78 is 16.4. The van der Waals surface area contributed by atoms with Gasteiger partial charge in [0, 0.05) is 36.6 Å². The highest BCUT2D eigenvalue weighted by Crippen LogP contribution is 2.34. The second-order valence-electron chi connectivity index (χ2n) is 8.26. The molecule has 1 atom stereocenters. The molecule has 4 aromatic rings. The fraction of sp³-hybridized carbons (Fsp3) is 0.240. The molecule has 7 heteroatoms. The number of halogens is 1. The van der Waals surface area contributed by atoms with E-state index in [4.69, 9.17) is 16.0 Å². The van der Waals surface area contributed by atoms with Gasteiger partial charge in [0.1, 0.15) is 23.2 Å². The number of nitrogens with two attached hydrogens (primary N) is 1. The molecule has 5 rings (SSSR count). The van der Waals surface area contributed by atoms with Gasteiger partial charge >= 0.3 is 0 Å². The molecule has 2 aromatic heterocycles. The third kappa shape index (κ3) is 3.49. The minimum Gasteiger partial charge on any atom is -0.368 e. The van der Waals surface area contributed by atoms with Crippen LogP contribution >= 0.6 is 0 Å². The van der Waals surface area contributed by atoms with Crippen LogP contribution in [-0.4, -0.2) is 33.7 Å². The first-order chi connectivity index (χ1) is 15.5. The number of imidazole rings is 1. The van der Waals surface area contributed by atoms with Gasteiger partial charge in [-0.3, -0.25) is 4.57 Å². The zero-order chi connectivity index (χ0) is 22.2. The largest absolute Gasteiger partial charge is 0.368 e. The van der Waals surface area contributed by atoms with Gasteiger partial charge in [-0.15, -0.1) is 0 Å². The minimum atomic E-state index is -0.567. The fourth-order valence-corrected chi connectivity index (χ4v) is 4.32. The van der Waals surface area contributed by atoms with E-state index in [9.17, 15) is 4.39 Å². The molecule has 0 unspecified atom stereocenters. The molecule has 0 spiro atoms. The van der Waals surface area contributed by atoms with Gasteiger partial charge in [-0.2, -0.15) is 5.26 Å². The molecule has 0 radical (unpaired) electrons. The van der Waals surface area contributed by atoms with Crippen molar-refractivity contribution in [3.63, 3.8) is 0 Å². The lowest BCUT2D eigenvalue weighted by Crippen LogP contribution is -2.42. The molecule has 6 nitrogen and oxygen atoms in total. The first-order valence-electron chi connectivity index (χ1n) is 10.7. The van der Waals surface area contributed by atoms with Crippen molar-refractivity contribution in [2.45, 2.75) is 25.8 Å². The summed E-state index contributed by atoms with van der Waals surface area (Å²) in [4.78, 5) is 11.9. The molecule has 2 N–H and O–H groups in total. The van der Waals surface area contributed by atoms with E-state index in [1.807, 2.05) is 47.9 Å². The molecule has 32 heavy (non-hydrogen) atoms. The van der Waals surface area contributed by atoms with Crippen LogP contribution in [0, 0.1) is 24.1 Å². The Morgan fingerprint density at radius 2 is 1.97 bits per heavy atom. The summed E-state index contributed by atoms with van der Waals surface area (Å²) in [5.74, 6) is 0.0104. The van der Waals surface area contributed by atoms with Crippen molar-refractivity contribution in [3.05, 3.63) is 71.7 Å². The average molecular weight is 426 g/mol. The topological polar surface area (TPSA) is 83.8 Å². The van der Waals surface area contributed by atoms with E-state index in [1.54, 1.807) is 12.3 Å². The second kappa shape index (κ2) is 8.06. The second-order valence-corrected chi connectivity index (χ2v) is 8.26. The average Bonchev–Trinajstić information content (AvgIpc) is 3.19. The van der Waals surface area contributed by atoms with Crippen LogP contribution in [0.5, 0.6) is 0 Å². The number of hydrogen-bond donors (Lipinski definition) is 1. The Labute approximate surface area is 185 Å². The van der Waals surface area contributed by atoms with E-state index >= 15 is 0 Å². The maximum Gasteiger partial charge on any atom is 0.167 e. The lowest BCUT2D eigenvalue weighted by molar-refractivity contribution is 0.507. The maximum atomic E-state index is 14.5. The predicted octanol–water partition coefficient (Wildman–Crippen LogP) is 4.33. The highest BCUT2D eigenvalue weighted by atomic mass is 19.1. The van der Waals surface area contributed by atoms with Gasteiger partial charge in [-0.1, -0.05) is 17.7 Å². The number of nitrogens with zero attached hydrogens (tertiary/aromatic N) is 5. The number of piperidine rings is 1. The summed E-state index contributed by atoms with van der Waals surface area (Å²) in [5, 5.41) is 9.12. The zero-order valence-electron chi connectivity index (χ0n) is 17.8. The summed E-state index contributed by atoms with van der Waals surface area (Å²) in [6.07, 6.45) is 3.82. The predicted molar refractivity (Wildman–Crippen MR) is 123 cm³/mol. The number of aromatic nitrogens is 3. The lowest BCUT2D eigenvalue weighted by atomic mass is 10.1. The van der Waals surface area contributed by atoms with E-state index < -0.39 is 5.82 Å². The van der Waals surface area contributed by atoms with E-state index in [1.165, 1.54) is 12.1 Å². The quantitative estimate of drug-likeness (QED) is 0.527. The number of fused-ring (bicyclic) bond motifs is 1. The standard InChI is InChI=1S/C25H23FN6/c1-16-4-8-20(9-5-16)32-24(17-6-7-18(14-27)21(26)13-17)30-23-22(10-11-29-25(23)32)31-12-2-3-19(28)15-31/h4-11,13,19H,2-3,12,15,28H2,1H3/t19-/m1/s1. The van der Waals surface area contributed by atoms with Gasteiger partial charge in [-0.05, 0) is 56.2 Å². The number of hydrogen-bond acceptors (Lipinski definition) is 5. The first-order valence-corrected chi connectivity index (χ1v) is 10.7. The van der Waals surface area contributed by atoms with Crippen LogP contribution in [-0.2, 0) is 0 Å². The van der Waals surface area contributed by atoms with Crippen LogP contribution in [0.2, 0.25) is 0 Å². The number of rotatable bonds is 3. The molecular weight excluding hydrogens is 403 g/mol. The van der Waals surface area contributed by atoms with Crippen LogP contribution < -0.4 is 10.6 Å². The minimum absolute atomic E-state index is 0.00728. The Balaban J connectivity index is 1.75. The van der Waals surface area contributed by atoms with Crippen LogP contribution in [0.1, 0.15) is 24.0 Å². The van der Waals surface area contributed by atoms with Gasteiger partial charge in [-0.25, -0.2) is 14.4 Å². The third-order valence-corrected chi connectivity index (χ3v) is 5.96. The molecule has 2 aromatic carbocycles. The third-order valence-electron chi connectivity index (χ3n) is 5.96. The van der Waals surface area contributed by atoms with Gasteiger partial charge in [0.2, 0.25) is 0 Å². The Bertz CT molecular complexity index is 1340. The Morgan fingerprint density at radius 3 is 2.69 bits per heavy atom. The van der Waals surface area contributed by atoms with Crippen LogP contribution in [0.15, 0.2) is 54.7 Å². The van der Waals surface area contributed by atoms with E-state index in [2.05, 4.69) is 9.88 Å². The molecule has 0 bridgehead atoms. The number of nitriles is 1. The van der Waals surface area contributed by atoms with Crippen molar-refractivity contribution in [1.29, 1.82) is 5.26 Å². The summed E-state index contributed by atoms with van der Waals surface area (Å²) >= 11 is 0. The molecule has 0 saturated carbocycles. The van der Waals surface area contributed by atoms with Crippen LogP contribution in [0.4, 0.5) is 10.1 Å². The Morgan fingerprint density at radius 1 is 1.16 bits per heavy atom. The normalized spacial score (nSPS) is 16.3. The molecule has 3 heterocycles. The van der Waals surface area contributed by atoms with Crippen LogP contribution in [0.25, 0.3) is 28.2 Å². The molecule has 1 aliphatic rings. The van der Waals surface area contributed by atoms with Gasteiger partial charge in [0.15, 0.2) is 5.65 Å². The number of benzene rings is 2. The van der Waals surface area contributed by atoms with Crippen molar-refractivity contribution in [2.24, 2.45) is 5.73 Å². The van der Waals surface area contributed by atoms with E-state index in [0.717, 1.165) is 48.4 Å². The molecule has 1 aliphatic heterocycles. The summed E-state index contributed by atoms with van der Waals surface area (Å²) in [5.41, 5.74) is 11.3. The monoisotopic (exact) mass is 426 g/mol. The molecule has 0 aliphatic carbocycles. The summed E-state index contributed by atoms with van der Waals surface area (Å²) in [6, 6.07) is 16.6. The Kier molecular flexibility index (Phi) is 5.08. The van der Waals surface area contributed by atoms with Crippen molar-refractivity contribution < 1.29 is 4.39 Å².